The number of nitrogens with zero attached hydrogens (tertiary/aromatic N) is 1. The van der Waals surface area contributed by atoms with Crippen LogP contribution in [0.3, 0.4) is 0 Å². The Kier molecular flexibility index (Phi) is 8.78. The first-order valence-corrected chi connectivity index (χ1v) is 6.24. The minimum Gasteiger partial charge on any atom is -0.0996 e. The van der Waals surface area contributed by atoms with Gasteiger partial charge < -0.3 is 0 Å². The Morgan fingerprint density at radius 3 is 2.59 bits per heavy atom. The Labute approximate surface area is 106 Å². The molecule has 0 saturated carbocycles. The van der Waals surface area contributed by atoms with E-state index in [4.69, 9.17) is 0 Å². The van der Waals surface area contributed by atoms with Crippen LogP contribution in [-0.2, 0) is 0 Å². The van der Waals surface area contributed by atoms with E-state index in [1.165, 1.54) is 5.57 Å². The van der Waals surface area contributed by atoms with Gasteiger partial charge in [0.1, 0.15) is 0 Å². The Morgan fingerprint density at radius 1 is 1.35 bits per heavy atom. The summed E-state index contributed by atoms with van der Waals surface area (Å²) >= 11 is 0. The van der Waals surface area contributed by atoms with Gasteiger partial charge in [-0.25, -0.2) is 0 Å². The van der Waals surface area contributed by atoms with Crippen molar-refractivity contribution in [2.45, 2.75) is 40.0 Å². The second-order valence-corrected chi connectivity index (χ2v) is 4.01. The number of allylic oxidation sites excluding steroid dienone is 6. The van der Waals surface area contributed by atoms with Crippen LogP contribution in [0.25, 0.3) is 4.85 Å². The highest BCUT2D eigenvalue weighted by Gasteiger charge is 1.96. The summed E-state index contributed by atoms with van der Waals surface area (Å²) < 4.78 is 0. The molecular formula is C16H24N+. The molecular weight excluding hydrogens is 206 g/mol. The second-order valence-electron chi connectivity index (χ2n) is 4.01. The lowest BCUT2D eigenvalue weighted by molar-refractivity contribution is 1.03. The minimum atomic E-state index is 0.837. The van der Waals surface area contributed by atoms with Crippen LogP contribution in [0.1, 0.15) is 40.0 Å². The van der Waals surface area contributed by atoms with Gasteiger partial charge in [0, 0.05) is 6.42 Å². The standard InChI is InChI=1S/C16H24N/c1-6-12-17-13-11-15(5)16(8-3)10-9-14(4)7-2/h8,10-11H,3-4,6-7,9,12H2,1-2,5H3/q+1/b15-11+,16-10-. The van der Waals surface area contributed by atoms with Crippen LogP contribution in [0.5, 0.6) is 0 Å². The molecule has 0 aliphatic heterocycles. The SMILES string of the molecule is C=CC(=C/CC(=C)CC)/C(C)=C/C#[N+]CCC. The summed E-state index contributed by atoms with van der Waals surface area (Å²) in [5.74, 6) is 0. The summed E-state index contributed by atoms with van der Waals surface area (Å²) in [6.45, 7) is 14.9. The molecule has 0 amide bonds. The first-order valence-electron chi connectivity index (χ1n) is 6.24. The van der Waals surface area contributed by atoms with Crippen molar-refractivity contribution in [2.75, 3.05) is 6.54 Å². The first-order chi connectivity index (χ1) is 8.15. The van der Waals surface area contributed by atoms with Crippen LogP contribution >= 0.6 is 0 Å². The fourth-order valence-corrected chi connectivity index (χ4v) is 1.21. The lowest BCUT2D eigenvalue weighted by Crippen LogP contribution is -1.83. The zero-order chi connectivity index (χ0) is 13.1. The molecule has 0 fully saturated rings. The Balaban J connectivity index is 4.61. The maximum atomic E-state index is 4.15. The summed E-state index contributed by atoms with van der Waals surface area (Å²) in [5, 5.41) is 0. The Morgan fingerprint density at radius 2 is 2.06 bits per heavy atom. The molecule has 1 nitrogen and oxygen atoms in total. The summed E-state index contributed by atoms with van der Waals surface area (Å²) in [6.07, 6.45) is 8.93. The van der Waals surface area contributed by atoms with Crippen LogP contribution in [0.2, 0.25) is 0 Å². The minimum absolute atomic E-state index is 0.837. The molecule has 0 rings (SSSR count). The van der Waals surface area contributed by atoms with E-state index >= 15 is 0 Å². The van der Waals surface area contributed by atoms with Crippen LogP contribution < -0.4 is 0 Å². The van der Waals surface area contributed by atoms with E-state index in [1.807, 2.05) is 12.2 Å². The highest BCUT2D eigenvalue weighted by molar-refractivity contribution is 5.41. The molecule has 17 heavy (non-hydrogen) atoms. The average molecular weight is 230 g/mol. The molecule has 0 aromatic carbocycles. The van der Waals surface area contributed by atoms with Crippen molar-refractivity contribution >= 4 is 0 Å². The summed E-state index contributed by atoms with van der Waals surface area (Å²) in [5.41, 5.74) is 3.52. The molecule has 0 heterocycles. The van der Waals surface area contributed by atoms with Gasteiger partial charge >= 0.3 is 6.07 Å². The molecule has 0 bridgehead atoms. The van der Waals surface area contributed by atoms with Crippen molar-refractivity contribution in [1.82, 2.24) is 0 Å². The molecule has 0 N–H and O–H groups in total. The molecule has 0 spiro atoms. The predicted octanol–water partition coefficient (Wildman–Crippen LogP) is 5.14. The summed E-state index contributed by atoms with van der Waals surface area (Å²) in [4.78, 5) is 4.15. The van der Waals surface area contributed by atoms with Gasteiger partial charge in [-0.2, -0.15) is 0 Å². The van der Waals surface area contributed by atoms with Crippen LogP contribution in [0, 0.1) is 6.07 Å². The van der Waals surface area contributed by atoms with Gasteiger partial charge in [-0.15, -0.1) is 0 Å². The van der Waals surface area contributed by atoms with Gasteiger partial charge in [0.15, 0.2) is 0 Å². The van der Waals surface area contributed by atoms with Crippen molar-refractivity contribution < 1.29 is 0 Å². The summed E-state index contributed by atoms with van der Waals surface area (Å²) in [7, 11) is 0. The maximum Gasteiger partial charge on any atom is 0.303 e. The fraction of sp³-hybridized carbons (Fsp3) is 0.438. The quantitative estimate of drug-likeness (QED) is 0.338. The molecule has 0 aliphatic carbocycles. The largest absolute Gasteiger partial charge is 0.303 e. The molecule has 0 atom stereocenters. The molecule has 92 valence electrons. The van der Waals surface area contributed by atoms with Crippen LogP contribution in [0.4, 0.5) is 0 Å². The Hall–Kier alpha value is -1.55. The van der Waals surface area contributed by atoms with Crippen molar-refractivity contribution in [2.24, 2.45) is 0 Å². The average Bonchev–Trinajstić information content (AvgIpc) is 2.35. The van der Waals surface area contributed by atoms with Crippen LogP contribution in [0.15, 0.2) is 48.1 Å². The number of rotatable bonds is 6. The molecule has 0 aliphatic rings. The van der Waals surface area contributed by atoms with E-state index in [2.05, 4.69) is 50.9 Å². The number of hydrogen-bond donors (Lipinski definition) is 0. The topological polar surface area (TPSA) is 4.36 Å². The smallest absolute Gasteiger partial charge is 0.0996 e. The third kappa shape index (κ3) is 7.36. The third-order valence-electron chi connectivity index (χ3n) is 2.49. The lowest BCUT2D eigenvalue weighted by Gasteiger charge is -2.01. The van der Waals surface area contributed by atoms with E-state index in [1.54, 1.807) is 0 Å². The van der Waals surface area contributed by atoms with E-state index in [0.717, 1.165) is 37.0 Å². The van der Waals surface area contributed by atoms with Crippen molar-refractivity contribution in [1.29, 1.82) is 0 Å². The number of hydrogen-bond acceptors (Lipinski definition) is 0. The van der Waals surface area contributed by atoms with Gasteiger partial charge in [-0.05, 0) is 30.9 Å². The molecule has 1 heteroatoms. The maximum absolute atomic E-state index is 4.15. The third-order valence-corrected chi connectivity index (χ3v) is 2.49. The van der Waals surface area contributed by atoms with Gasteiger partial charge in [0.25, 0.3) is 6.54 Å². The normalized spacial score (nSPS) is 11.7. The zero-order valence-corrected chi connectivity index (χ0v) is 11.4. The molecule has 0 saturated heterocycles. The highest BCUT2D eigenvalue weighted by atomic mass is 14.6. The van der Waals surface area contributed by atoms with E-state index < -0.39 is 0 Å². The van der Waals surface area contributed by atoms with Crippen molar-refractivity contribution in [3.63, 3.8) is 0 Å². The molecule has 0 radical (unpaired) electrons. The van der Waals surface area contributed by atoms with Gasteiger partial charge in [0.2, 0.25) is 0 Å². The molecule has 0 unspecified atom stereocenters. The summed E-state index contributed by atoms with van der Waals surface area (Å²) in [6, 6.07) is 2.95. The van der Waals surface area contributed by atoms with E-state index in [9.17, 15) is 0 Å². The second kappa shape index (κ2) is 9.66. The zero-order valence-electron chi connectivity index (χ0n) is 11.4. The first kappa shape index (κ1) is 15.4. The Bertz CT molecular complexity index is 372. The molecule has 0 aromatic rings. The van der Waals surface area contributed by atoms with E-state index in [-0.39, 0.29) is 0 Å². The van der Waals surface area contributed by atoms with Gasteiger partial charge in [0.05, 0.1) is 6.08 Å². The monoisotopic (exact) mass is 230 g/mol. The molecule has 0 aromatic heterocycles. The predicted molar refractivity (Wildman–Crippen MR) is 78.5 cm³/mol. The highest BCUT2D eigenvalue weighted by Crippen LogP contribution is 2.14. The van der Waals surface area contributed by atoms with Crippen molar-refractivity contribution in [3.05, 3.63) is 53.0 Å². The van der Waals surface area contributed by atoms with E-state index in [0.29, 0.717) is 0 Å². The lowest BCUT2D eigenvalue weighted by atomic mass is 10.0. The van der Waals surface area contributed by atoms with Gasteiger partial charge in [-0.3, -0.25) is 0 Å². The van der Waals surface area contributed by atoms with Crippen molar-refractivity contribution in [3.8, 4) is 6.07 Å². The van der Waals surface area contributed by atoms with Gasteiger partial charge in [-0.1, -0.05) is 49.6 Å². The van der Waals surface area contributed by atoms with Crippen LogP contribution in [-0.4, -0.2) is 6.54 Å². The fourth-order valence-electron chi connectivity index (χ4n) is 1.21.